The maximum absolute atomic E-state index is 13.1. The fraction of sp³-hybridized carbons (Fsp3) is 0.452. The second-order valence-corrected chi connectivity index (χ2v) is 12.4. The van der Waals surface area contributed by atoms with Crippen LogP contribution < -0.4 is 4.74 Å². The van der Waals surface area contributed by atoms with Crippen LogP contribution in [0.5, 0.6) is 5.75 Å². The topological polar surface area (TPSA) is 81.2 Å². The lowest BCUT2D eigenvalue weighted by Crippen LogP contribution is -2.49. The maximum atomic E-state index is 13.1. The molecule has 3 aromatic rings. The summed E-state index contributed by atoms with van der Waals surface area (Å²) in [5.74, 6) is 0.749. The van der Waals surface area contributed by atoms with Gasteiger partial charge in [-0.1, -0.05) is 12.1 Å². The molecule has 238 valence electrons. The number of esters is 1. The summed E-state index contributed by atoms with van der Waals surface area (Å²) in [6, 6.07) is 10.8. The Bertz CT molecular complexity index is 1420. The molecule has 0 aliphatic carbocycles. The van der Waals surface area contributed by atoms with Crippen molar-refractivity contribution in [2.45, 2.75) is 50.2 Å². The van der Waals surface area contributed by atoms with E-state index in [9.17, 15) is 22.8 Å². The molecule has 1 aliphatic rings. The number of ether oxygens (including phenoxy) is 3. The zero-order valence-electron chi connectivity index (χ0n) is 25.1. The molecule has 13 heteroatoms. The van der Waals surface area contributed by atoms with Crippen LogP contribution in [0.3, 0.4) is 0 Å². The van der Waals surface area contributed by atoms with Gasteiger partial charge in [-0.3, -0.25) is 9.69 Å². The number of thioether (sulfide) groups is 1. The van der Waals surface area contributed by atoms with Gasteiger partial charge in [-0.25, -0.2) is 9.78 Å². The molecule has 4 rings (SSSR count). The molecule has 8 nitrogen and oxygen atoms in total. The molecule has 0 N–H and O–H groups in total. The van der Waals surface area contributed by atoms with Crippen LogP contribution in [0.15, 0.2) is 47.4 Å². The van der Waals surface area contributed by atoms with Gasteiger partial charge in [-0.2, -0.15) is 13.2 Å². The van der Waals surface area contributed by atoms with E-state index < -0.39 is 23.8 Å². The van der Waals surface area contributed by atoms with Crippen LogP contribution in [0.25, 0.3) is 10.6 Å². The van der Waals surface area contributed by atoms with Gasteiger partial charge >= 0.3 is 12.1 Å². The van der Waals surface area contributed by atoms with Gasteiger partial charge in [0.05, 0.1) is 17.9 Å². The third kappa shape index (κ3) is 8.96. The Balaban J connectivity index is 1.49. The monoisotopic (exact) mass is 651 g/mol. The molecule has 1 aliphatic heterocycles. The van der Waals surface area contributed by atoms with Gasteiger partial charge in [0.1, 0.15) is 17.4 Å². The summed E-state index contributed by atoms with van der Waals surface area (Å²) < 4.78 is 55.2. The standard InChI is InChI=1S/C31H36F3N3O5S2/c1-5-41-30(39)21(3)42-26-11-10-24(16-20(26)2)43-19-27-25(17-36-12-14-37(15-13-36)28(38)18-40-4)35-29(44-27)22-6-8-23(9-7-22)31(32,33)34/h6-11,16,21H,5,12-15,17-19H2,1-4H3. The third-order valence-electron chi connectivity index (χ3n) is 7.04. The predicted molar refractivity (Wildman–Crippen MR) is 164 cm³/mol. The number of methoxy groups -OCH3 is 1. The van der Waals surface area contributed by atoms with Gasteiger partial charge in [0.15, 0.2) is 6.10 Å². The second kappa shape index (κ2) is 15.2. The molecule has 0 spiro atoms. The number of aryl methyl sites for hydroxylation is 1. The van der Waals surface area contributed by atoms with E-state index in [1.54, 1.807) is 30.5 Å². The number of benzene rings is 2. The minimum absolute atomic E-state index is 0.0375. The Labute approximate surface area is 263 Å². The summed E-state index contributed by atoms with van der Waals surface area (Å²) in [7, 11) is 1.50. The van der Waals surface area contributed by atoms with Crippen LogP contribution in [0.1, 0.15) is 35.5 Å². The number of nitrogens with zero attached hydrogens (tertiary/aromatic N) is 3. The highest BCUT2D eigenvalue weighted by atomic mass is 32.2. The Hall–Kier alpha value is -3.13. The number of carbonyl (C=O) groups excluding carboxylic acids is 2. The Kier molecular flexibility index (Phi) is 11.7. The number of aromatic nitrogens is 1. The van der Waals surface area contributed by atoms with Gasteiger partial charge in [-0.15, -0.1) is 23.1 Å². The van der Waals surface area contributed by atoms with Crippen LogP contribution >= 0.6 is 23.1 Å². The molecule has 2 heterocycles. The Morgan fingerprint density at radius 2 is 1.80 bits per heavy atom. The lowest BCUT2D eigenvalue weighted by molar-refractivity contribution is -0.150. The molecule has 1 aromatic heterocycles. The molecule has 1 saturated heterocycles. The molecule has 1 atom stereocenters. The number of rotatable bonds is 12. The molecular formula is C31H36F3N3O5S2. The molecule has 44 heavy (non-hydrogen) atoms. The van der Waals surface area contributed by atoms with Crippen LogP contribution in [-0.2, 0) is 37.5 Å². The quantitative estimate of drug-likeness (QED) is 0.173. The van der Waals surface area contributed by atoms with Gasteiger partial charge < -0.3 is 19.1 Å². The largest absolute Gasteiger partial charge is 0.479 e. The summed E-state index contributed by atoms with van der Waals surface area (Å²) in [5.41, 5.74) is 1.67. The van der Waals surface area contributed by atoms with E-state index in [2.05, 4.69) is 4.90 Å². The van der Waals surface area contributed by atoms with Crippen LogP contribution in [-0.4, -0.2) is 79.3 Å². The van der Waals surface area contributed by atoms with Gasteiger partial charge in [-0.05, 0) is 56.7 Å². The normalized spacial score (nSPS) is 14.8. The van der Waals surface area contributed by atoms with E-state index in [4.69, 9.17) is 19.2 Å². The summed E-state index contributed by atoms with van der Waals surface area (Å²) in [4.78, 5) is 35.1. The van der Waals surface area contributed by atoms with Crippen molar-refractivity contribution in [3.8, 4) is 16.3 Å². The van der Waals surface area contributed by atoms with Crippen molar-refractivity contribution in [1.82, 2.24) is 14.8 Å². The molecule has 1 unspecified atom stereocenters. The minimum atomic E-state index is -4.41. The molecule has 0 radical (unpaired) electrons. The van der Waals surface area contributed by atoms with Gasteiger partial charge in [0.2, 0.25) is 5.91 Å². The van der Waals surface area contributed by atoms with Gasteiger partial charge in [0.25, 0.3) is 0 Å². The van der Waals surface area contributed by atoms with Crippen molar-refractivity contribution in [1.29, 1.82) is 0 Å². The fourth-order valence-electron chi connectivity index (χ4n) is 4.62. The molecule has 1 amide bonds. The molecule has 2 aromatic carbocycles. The molecule has 0 bridgehead atoms. The number of amides is 1. The first-order chi connectivity index (χ1) is 21.0. The van der Waals surface area contributed by atoms with E-state index in [0.717, 1.165) is 33.2 Å². The summed E-state index contributed by atoms with van der Waals surface area (Å²) in [6.45, 7) is 8.75. The Morgan fingerprint density at radius 1 is 1.09 bits per heavy atom. The van der Waals surface area contributed by atoms with E-state index >= 15 is 0 Å². The fourth-order valence-corrected chi connectivity index (χ4v) is 6.79. The first-order valence-electron chi connectivity index (χ1n) is 14.2. The zero-order chi connectivity index (χ0) is 31.9. The highest BCUT2D eigenvalue weighted by Gasteiger charge is 2.30. The van der Waals surface area contributed by atoms with Crippen molar-refractivity contribution >= 4 is 35.0 Å². The number of halogens is 3. The highest BCUT2D eigenvalue weighted by molar-refractivity contribution is 7.98. The average Bonchev–Trinajstić information content (AvgIpc) is 3.40. The lowest BCUT2D eigenvalue weighted by Gasteiger charge is -2.34. The average molecular weight is 652 g/mol. The molecular weight excluding hydrogens is 615 g/mol. The van der Waals surface area contributed by atoms with E-state index in [0.29, 0.717) is 54.8 Å². The van der Waals surface area contributed by atoms with Crippen molar-refractivity contribution < 1.29 is 37.0 Å². The molecule has 1 fully saturated rings. The van der Waals surface area contributed by atoms with E-state index in [-0.39, 0.29) is 19.1 Å². The summed E-state index contributed by atoms with van der Waals surface area (Å²) in [5, 5.41) is 0.658. The number of piperazine rings is 1. The second-order valence-electron chi connectivity index (χ2n) is 10.3. The highest BCUT2D eigenvalue weighted by Crippen LogP contribution is 2.36. The van der Waals surface area contributed by atoms with Crippen molar-refractivity contribution in [2.75, 3.05) is 46.5 Å². The predicted octanol–water partition coefficient (Wildman–Crippen LogP) is 6.05. The number of hydrogen-bond acceptors (Lipinski definition) is 9. The number of alkyl halides is 3. The van der Waals surface area contributed by atoms with Crippen molar-refractivity contribution in [3.63, 3.8) is 0 Å². The Morgan fingerprint density at radius 3 is 2.41 bits per heavy atom. The lowest BCUT2D eigenvalue weighted by atomic mass is 10.1. The number of thiazole rings is 1. The van der Waals surface area contributed by atoms with Gasteiger partial charge in [0, 0.05) is 60.9 Å². The van der Waals surface area contributed by atoms with Crippen LogP contribution in [0.4, 0.5) is 13.2 Å². The SMILES string of the molecule is CCOC(=O)C(C)Oc1ccc(SCc2sc(-c3ccc(C(F)(F)F)cc3)nc2CN2CCN(C(=O)COC)CC2)cc1C. The first-order valence-corrected chi connectivity index (χ1v) is 16.0. The maximum Gasteiger partial charge on any atom is 0.416 e. The zero-order valence-corrected chi connectivity index (χ0v) is 26.7. The molecule has 0 saturated carbocycles. The number of carbonyl (C=O) groups is 2. The van der Waals surface area contributed by atoms with E-state index in [1.807, 2.05) is 25.1 Å². The van der Waals surface area contributed by atoms with Crippen molar-refractivity contribution in [2.24, 2.45) is 0 Å². The minimum Gasteiger partial charge on any atom is -0.479 e. The van der Waals surface area contributed by atoms with E-state index in [1.165, 1.54) is 30.6 Å². The summed E-state index contributed by atoms with van der Waals surface area (Å²) >= 11 is 3.09. The van der Waals surface area contributed by atoms with Crippen LogP contribution in [0.2, 0.25) is 0 Å². The first kappa shape index (κ1) is 33.8. The number of hydrogen-bond donors (Lipinski definition) is 0. The van der Waals surface area contributed by atoms with Crippen LogP contribution in [0, 0.1) is 6.92 Å². The summed E-state index contributed by atoms with van der Waals surface area (Å²) in [6.07, 6.45) is -5.13. The third-order valence-corrected chi connectivity index (χ3v) is 9.39. The smallest absolute Gasteiger partial charge is 0.416 e. The van der Waals surface area contributed by atoms with Crippen molar-refractivity contribution in [3.05, 3.63) is 64.2 Å².